The summed E-state index contributed by atoms with van der Waals surface area (Å²) in [6, 6.07) is 13.4. The molecule has 4 aromatic rings. The van der Waals surface area contributed by atoms with E-state index in [1.165, 1.54) is 13.8 Å². The fourth-order valence-corrected chi connectivity index (χ4v) is 3.59. The number of thiophene rings is 1. The summed E-state index contributed by atoms with van der Waals surface area (Å²) in [6.45, 7) is 0.341. The van der Waals surface area contributed by atoms with Gasteiger partial charge in [-0.3, -0.25) is 9.20 Å². The van der Waals surface area contributed by atoms with Crippen LogP contribution in [0.15, 0.2) is 58.8 Å². The van der Waals surface area contributed by atoms with Gasteiger partial charge in [-0.15, -0.1) is 16.4 Å². The minimum absolute atomic E-state index is 0.0947. The maximum absolute atomic E-state index is 12.2. The third-order valence-electron chi connectivity index (χ3n) is 3.82. The molecule has 0 fully saturated rings. The molecule has 6 nitrogen and oxygen atoms in total. The normalized spacial score (nSPS) is 11.2. The number of nitrogens with one attached hydrogen (secondary N) is 1. The van der Waals surface area contributed by atoms with Crippen molar-refractivity contribution in [1.82, 2.24) is 19.5 Å². The van der Waals surface area contributed by atoms with Gasteiger partial charge < -0.3 is 5.32 Å². The first-order valence-electron chi connectivity index (χ1n) is 7.48. The van der Waals surface area contributed by atoms with Crippen LogP contribution in [-0.2, 0) is 17.9 Å². The van der Waals surface area contributed by atoms with E-state index in [9.17, 15) is 9.59 Å². The molecular weight excluding hydrogens is 324 g/mol. The zero-order chi connectivity index (χ0) is 16.5. The lowest BCUT2D eigenvalue weighted by atomic mass is 10.2. The molecule has 0 unspecified atom stereocenters. The van der Waals surface area contributed by atoms with Crippen LogP contribution >= 0.6 is 11.3 Å². The van der Waals surface area contributed by atoms with Gasteiger partial charge in [0.1, 0.15) is 6.54 Å². The average Bonchev–Trinajstić information content (AvgIpc) is 3.15. The van der Waals surface area contributed by atoms with E-state index >= 15 is 0 Å². The van der Waals surface area contributed by atoms with Gasteiger partial charge >= 0.3 is 5.69 Å². The van der Waals surface area contributed by atoms with Crippen molar-refractivity contribution in [1.29, 1.82) is 0 Å². The molecule has 0 aliphatic heterocycles. The van der Waals surface area contributed by atoms with Gasteiger partial charge in [0.15, 0.2) is 5.65 Å². The quantitative estimate of drug-likeness (QED) is 0.619. The SMILES string of the molecule is O=C(Cn1nc2ccccn2c1=O)NCc1csc2ccccc12. The number of carbonyl (C=O) groups is 1. The number of nitrogens with zero attached hydrogens (tertiary/aromatic N) is 3. The summed E-state index contributed by atoms with van der Waals surface area (Å²) in [5, 5.41) is 10.2. The second kappa shape index (κ2) is 5.93. The molecule has 0 aliphatic rings. The van der Waals surface area contributed by atoms with Gasteiger partial charge in [-0.1, -0.05) is 24.3 Å². The van der Waals surface area contributed by atoms with E-state index in [4.69, 9.17) is 0 Å². The zero-order valence-corrected chi connectivity index (χ0v) is 13.5. The fourth-order valence-electron chi connectivity index (χ4n) is 2.63. The van der Waals surface area contributed by atoms with Crippen LogP contribution in [0.2, 0.25) is 0 Å². The Morgan fingerprint density at radius 2 is 2.00 bits per heavy atom. The molecule has 120 valence electrons. The van der Waals surface area contributed by atoms with Gasteiger partial charge in [-0.2, -0.15) is 0 Å². The molecule has 1 amide bonds. The highest BCUT2D eigenvalue weighted by Crippen LogP contribution is 2.25. The minimum atomic E-state index is -0.318. The standard InChI is InChI=1S/C17H14N4O2S/c22-16(10-21-17(23)20-8-4-3-7-15(20)19-21)18-9-12-11-24-14-6-2-1-5-13(12)14/h1-8,11H,9-10H2,(H,18,22). The maximum atomic E-state index is 12.2. The number of amides is 1. The summed E-state index contributed by atoms with van der Waals surface area (Å²) in [4.78, 5) is 24.3. The van der Waals surface area contributed by atoms with E-state index < -0.39 is 0 Å². The van der Waals surface area contributed by atoms with Crippen LogP contribution in [0.1, 0.15) is 5.56 Å². The number of aromatic nitrogens is 3. The Kier molecular flexibility index (Phi) is 3.62. The first-order chi connectivity index (χ1) is 11.7. The molecule has 0 atom stereocenters. The smallest absolute Gasteiger partial charge is 0.350 e. The van der Waals surface area contributed by atoms with E-state index in [2.05, 4.69) is 16.5 Å². The van der Waals surface area contributed by atoms with Crippen molar-refractivity contribution in [2.75, 3.05) is 0 Å². The fraction of sp³-hybridized carbons (Fsp3) is 0.118. The average molecular weight is 338 g/mol. The van der Waals surface area contributed by atoms with Crippen molar-refractivity contribution in [3.05, 3.63) is 70.1 Å². The summed E-state index contributed by atoms with van der Waals surface area (Å²) in [5.41, 5.74) is 1.28. The molecule has 0 saturated carbocycles. The highest BCUT2D eigenvalue weighted by Gasteiger charge is 2.11. The van der Waals surface area contributed by atoms with Crippen molar-refractivity contribution in [2.24, 2.45) is 0 Å². The van der Waals surface area contributed by atoms with E-state index in [0.717, 1.165) is 10.9 Å². The van der Waals surface area contributed by atoms with E-state index in [0.29, 0.717) is 12.2 Å². The molecule has 3 aromatic heterocycles. The molecule has 0 radical (unpaired) electrons. The molecule has 0 aliphatic carbocycles. The first-order valence-corrected chi connectivity index (χ1v) is 8.36. The van der Waals surface area contributed by atoms with Crippen molar-refractivity contribution in [3.63, 3.8) is 0 Å². The van der Waals surface area contributed by atoms with Crippen LogP contribution in [0.3, 0.4) is 0 Å². The molecule has 3 heterocycles. The molecule has 1 aromatic carbocycles. The van der Waals surface area contributed by atoms with Gasteiger partial charge in [0.25, 0.3) is 0 Å². The lowest BCUT2D eigenvalue weighted by Gasteiger charge is -2.04. The Balaban J connectivity index is 1.48. The summed E-state index contributed by atoms with van der Waals surface area (Å²) >= 11 is 1.65. The van der Waals surface area contributed by atoms with Gasteiger partial charge in [-0.05, 0) is 34.5 Å². The van der Waals surface area contributed by atoms with E-state index in [-0.39, 0.29) is 18.1 Å². The molecule has 0 spiro atoms. The van der Waals surface area contributed by atoms with Crippen LogP contribution in [0.5, 0.6) is 0 Å². The zero-order valence-electron chi connectivity index (χ0n) is 12.7. The second-order valence-corrected chi connectivity index (χ2v) is 6.31. The monoisotopic (exact) mass is 338 g/mol. The predicted molar refractivity (Wildman–Crippen MR) is 93.1 cm³/mol. The first kappa shape index (κ1) is 14.6. The third kappa shape index (κ3) is 2.59. The summed E-state index contributed by atoms with van der Waals surface area (Å²) < 4.78 is 3.79. The molecule has 24 heavy (non-hydrogen) atoms. The van der Waals surface area contributed by atoms with Crippen molar-refractivity contribution >= 4 is 33.0 Å². The highest BCUT2D eigenvalue weighted by molar-refractivity contribution is 7.17. The van der Waals surface area contributed by atoms with Gasteiger partial charge in [-0.25, -0.2) is 9.48 Å². The summed E-state index contributed by atoms with van der Waals surface area (Å²) in [7, 11) is 0. The van der Waals surface area contributed by atoms with Crippen molar-refractivity contribution in [2.45, 2.75) is 13.1 Å². The lowest BCUT2D eigenvalue weighted by Crippen LogP contribution is -2.32. The largest absolute Gasteiger partial charge is 0.350 e. The number of fused-ring (bicyclic) bond motifs is 2. The van der Waals surface area contributed by atoms with Gasteiger partial charge in [0.05, 0.1) is 0 Å². The van der Waals surface area contributed by atoms with E-state index in [1.54, 1.807) is 35.7 Å². The van der Waals surface area contributed by atoms with Crippen molar-refractivity contribution in [3.8, 4) is 0 Å². The highest BCUT2D eigenvalue weighted by atomic mass is 32.1. The number of rotatable bonds is 4. The Morgan fingerprint density at radius 1 is 1.17 bits per heavy atom. The second-order valence-electron chi connectivity index (χ2n) is 5.40. The Bertz CT molecular complexity index is 1090. The molecule has 7 heteroatoms. The van der Waals surface area contributed by atoms with Crippen LogP contribution < -0.4 is 11.0 Å². The van der Waals surface area contributed by atoms with Gasteiger partial charge in [0.2, 0.25) is 5.91 Å². The minimum Gasteiger partial charge on any atom is -0.350 e. The molecule has 4 rings (SSSR count). The van der Waals surface area contributed by atoms with Gasteiger partial charge in [0, 0.05) is 17.4 Å². The number of carbonyl (C=O) groups excluding carboxylic acids is 1. The predicted octanol–water partition coefficient (Wildman–Crippen LogP) is 2.03. The van der Waals surface area contributed by atoms with E-state index in [1.807, 2.05) is 23.6 Å². The van der Waals surface area contributed by atoms with Crippen LogP contribution in [0, 0.1) is 0 Å². The number of benzene rings is 1. The summed E-state index contributed by atoms with van der Waals surface area (Å²) in [6.07, 6.45) is 1.64. The Labute approximate surface area is 141 Å². The topological polar surface area (TPSA) is 68.4 Å². The number of hydrogen-bond acceptors (Lipinski definition) is 4. The number of pyridine rings is 1. The van der Waals surface area contributed by atoms with Crippen LogP contribution in [-0.4, -0.2) is 20.1 Å². The summed E-state index contributed by atoms with van der Waals surface area (Å²) in [5.74, 6) is -0.240. The Hall–Kier alpha value is -2.93. The molecule has 0 saturated heterocycles. The van der Waals surface area contributed by atoms with Crippen LogP contribution in [0.4, 0.5) is 0 Å². The Morgan fingerprint density at radius 3 is 2.88 bits per heavy atom. The van der Waals surface area contributed by atoms with Crippen LogP contribution in [0.25, 0.3) is 15.7 Å². The molecule has 0 bridgehead atoms. The number of hydrogen-bond donors (Lipinski definition) is 1. The maximum Gasteiger partial charge on any atom is 0.350 e. The lowest BCUT2D eigenvalue weighted by molar-refractivity contribution is -0.122. The molecule has 1 N–H and O–H groups in total. The molecular formula is C17H14N4O2S. The van der Waals surface area contributed by atoms with Crippen molar-refractivity contribution < 1.29 is 4.79 Å². The third-order valence-corrected chi connectivity index (χ3v) is 4.83.